The SMILES string of the molecule is CC12CCC3C(CCC4OC(=O)OCC43C)C1CCC2=O. The van der Waals surface area contributed by atoms with Crippen molar-refractivity contribution in [3.05, 3.63) is 0 Å². The van der Waals surface area contributed by atoms with Crippen LogP contribution in [-0.2, 0) is 14.3 Å². The molecule has 4 fully saturated rings. The summed E-state index contributed by atoms with van der Waals surface area (Å²) >= 11 is 0. The predicted octanol–water partition coefficient (Wildman–Crippen LogP) is 3.33. The molecule has 1 saturated heterocycles. The molecular formula is C17H24O4. The molecule has 0 spiro atoms. The van der Waals surface area contributed by atoms with E-state index < -0.39 is 6.16 Å². The van der Waals surface area contributed by atoms with Gasteiger partial charge in [0, 0.05) is 17.3 Å². The monoisotopic (exact) mass is 292 g/mol. The summed E-state index contributed by atoms with van der Waals surface area (Å²) in [4.78, 5) is 23.7. The number of carbonyl (C=O) groups is 2. The van der Waals surface area contributed by atoms with Gasteiger partial charge in [0.2, 0.25) is 0 Å². The van der Waals surface area contributed by atoms with Crippen molar-refractivity contribution in [2.75, 3.05) is 6.61 Å². The highest BCUT2D eigenvalue weighted by Crippen LogP contribution is 2.62. The van der Waals surface area contributed by atoms with Gasteiger partial charge in [-0.3, -0.25) is 4.79 Å². The smallest absolute Gasteiger partial charge is 0.434 e. The molecule has 4 heteroatoms. The molecule has 4 rings (SSSR count). The molecule has 6 atom stereocenters. The lowest BCUT2D eigenvalue weighted by molar-refractivity contribution is -0.182. The second-order valence-corrected chi connectivity index (χ2v) is 8.02. The van der Waals surface area contributed by atoms with Crippen LogP contribution in [0.2, 0.25) is 0 Å². The number of ketones is 1. The van der Waals surface area contributed by atoms with E-state index in [0.717, 1.165) is 38.5 Å². The van der Waals surface area contributed by atoms with Crippen LogP contribution in [0.25, 0.3) is 0 Å². The first kappa shape index (κ1) is 13.6. The summed E-state index contributed by atoms with van der Waals surface area (Å²) in [7, 11) is 0. The molecule has 1 heterocycles. The number of rotatable bonds is 0. The first-order valence-electron chi connectivity index (χ1n) is 8.32. The van der Waals surface area contributed by atoms with Crippen molar-refractivity contribution < 1.29 is 19.1 Å². The van der Waals surface area contributed by atoms with Crippen molar-refractivity contribution in [3.8, 4) is 0 Å². The summed E-state index contributed by atoms with van der Waals surface area (Å²) in [5, 5.41) is 0. The Morgan fingerprint density at radius 3 is 2.67 bits per heavy atom. The summed E-state index contributed by atoms with van der Waals surface area (Å²) in [5.41, 5.74) is -0.152. The van der Waals surface area contributed by atoms with Crippen molar-refractivity contribution in [2.45, 2.75) is 58.5 Å². The largest absolute Gasteiger partial charge is 0.508 e. The number of Topliss-reactive ketones (excluding diaryl/α,β-unsaturated/α-hetero) is 1. The van der Waals surface area contributed by atoms with Gasteiger partial charge in [-0.25, -0.2) is 4.79 Å². The van der Waals surface area contributed by atoms with Gasteiger partial charge in [0.25, 0.3) is 0 Å². The number of cyclic esters (lactones) is 1. The maximum Gasteiger partial charge on any atom is 0.508 e. The van der Waals surface area contributed by atoms with Crippen molar-refractivity contribution in [3.63, 3.8) is 0 Å². The topological polar surface area (TPSA) is 52.6 Å². The minimum atomic E-state index is -0.507. The molecule has 4 aliphatic rings. The zero-order valence-electron chi connectivity index (χ0n) is 12.9. The third-order valence-corrected chi connectivity index (χ3v) is 7.23. The molecule has 4 nitrogen and oxygen atoms in total. The quantitative estimate of drug-likeness (QED) is 0.643. The molecule has 0 aromatic heterocycles. The van der Waals surface area contributed by atoms with Crippen LogP contribution in [0.15, 0.2) is 0 Å². The molecule has 0 amide bonds. The molecule has 21 heavy (non-hydrogen) atoms. The van der Waals surface area contributed by atoms with Crippen LogP contribution < -0.4 is 0 Å². The van der Waals surface area contributed by atoms with Gasteiger partial charge in [-0.1, -0.05) is 13.8 Å². The molecule has 0 aromatic carbocycles. The summed E-state index contributed by atoms with van der Waals surface area (Å²) in [6.07, 6.45) is 5.38. The van der Waals surface area contributed by atoms with Crippen molar-refractivity contribution >= 4 is 11.9 Å². The highest BCUT2D eigenvalue weighted by molar-refractivity contribution is 5.87. The Bertz CT molecular complexity index is 501. The average Bonchev–Trinajstić information content (AvgIpc) is 2.76. The van der Waals surface area contributed by atoms with E-state index in [1.165, 1.54) is 0 Å². The van der Waals surface area contributed by atoms with Crippen molar-refractivity contribution in [1.29, 1.82) is 0 Å². The fraction of sp³-hybridized carbons (Fsp3) is 0.882. The zero-order valence-corrected chi connectivity index (χ0v) is 12.9. The van der Waals surface area contributed by atoms with E-state index in [-0.39, 0.29) is 16.9 Å². The van der Waals surface area contributed by atoms with E-state index in [1.54, 1.807) is 0 Å². The van der Waals surface area contributed by atoms with Crippen LogP contribution >= 0.6 is 0 Å². The molecule has 3 saturated carbocycles. The first-order chi connectivity index (χ1) is 9.95. The lowest BCUT2D eigenvalue weighted by Crippen LogP contribution is -2.58. The van der Waals surface area contributed by atoms with Crippen LogP contribution in [-0.4, -0.2) is 24.6 Å². The summed E-state index contributed by atoms with van der Waals surface area (Å²) in [6.45, 7) is 4.89. The summed E-state index contributed by atoms with van der Waals surface area (Å²) < 4.78 is 10.7. The zero-order chi connectivity index (χ0) is 14.8. The maximum atomic E-state index is 12.3. The van der Waals surface area contributed by atoms with E-state index in [9.17, 15) is 9.59 Å². The Kier molecular flexibility index (Phi) is 2.74. The molecule has 0 radical (unpaired) electrons. The fourth-order valence-electron chi connectivity index (χ4n) is 5.95. The van der Waals surface area contributed by atoms with Crippen molar-refractivity contribution in [2.24, 2.45) is 28.6 Å². The average molecular weight is 292 g/mol. The Labute approximate surface area is 125 Å². The van der Waals surface area contributed by atoms with Crippen LogP contribution in [0.3, 0.4) is 0 Å². The molecule has 0 aromatic rings. The van der Waals surface area contributed by atoms with Gasteiger partial charge in [0.15, 0.2) is 0 Å². The number of ether oxygens (including phenoxy) is 2. The fourth-order valence-corrected chi connectivity index (χ4v) is 5.95. The molecule has 0 N–H and O–H groups in total. The van der Waals surface area contributed by atoms with E-state index >= 15 is 0 Å². The normalized spacial score (nSPS) is 52.3. The number of hydrogen-bond donors (Lipinski definition) is 0. The first-order valence-corrected chi connectivity index (χ1v) is 8.32. The second kappa shape index (κ2) is 4.23. The molecule has 116 valence electrons. The molecule has 6 unspecified atom stereocenters. The van der Waals surface area contributed by atoms with Crippen LogP contribution in [0.1, 0.15) is 52.4 Å². The highest BCUT2D eigenvalue weighted by Gasteiger charge is 2.61. The minimum Gasteiger partial charge on any atom is -0.434 e. The van der Waals surface area contributed by atoms with Gasteiger partial charge in [-0.15, -0.1) is 0 Å². The van der Waals surface area contributed by atoms with Gasteiger partial charge in [-0.2, -0.15) is 0 Å². The number of carbonyl (C=O) groups excluding carboxylic acids is 2. The molecule has 0 bridgehead atoms. The summed E-state index contributed by atoms with van der Waals surface area (Å²) in [6, 6.07) is 0. The van der Waals surface area contributed by atoms with E-state index in [4.69, 9.17) is 9.47 Å². The van der Waals surface area contributed by atoms with Gasteiger partial charge in [0.1, 0.15) is 18.5 Å². The van der Waals surface area contributed by atoms with Crippen LogP contribution in [0, 0.1) is 28.6 Å². The van der Waals surface area contributed by atoms with Crippen LogP contribution in [0.4, 0.5) is 4.79 Å². The molecular weight excluding hydrogens is 268 g/mol. The standard InChI is InChI=1S/C17H24O4/c1-16-8-7-12-10(11(16)4-5-13(16)18)3-6-14-17(12,2)9-20-15(19)21-14/h10-12,14H,3-9H2,1-2H3. The third kappa shape index (κ3) is 1.68. The van der Waals surface area contributed by atoms with Gasteiger partial charge < -0.3 is 9.47 Å². The maximum absolute atomic E-state index is 12.3. The van der Waals surface area contributed by atoms with Gasteiger partial charge in [-0.05, 0) is 49.9 Å². The van der Waals surface area contributed by atoms with E-state index in [0.29, 0.717) is 30.1 Å². The Balaban J connectivity index is 1.65. The number of hydrogen-bond acceptors (Lipinski definition) is 4. The number of fused-ring (bicyclic) bond motifs is 5. The van der Waals surface area contributed by atoms with E-state index in [2.05, 4.69) is 13.8 Å². The summed E-state index contributed by atoms with van der Waals surface area (Å²) in [5.74, 6) is 2.12. The Morgan fingerprint density at radius 2 is 1.86 bits per heavy atom. The highest BCUT2D eigenvalue weighted by atomic mass is 16.7. The Hall–Kier alpha value is -1.06. The molecule has 3 aliphatic carbocycles. The lowest BCUT2D eigenvalue weighted by Gasteiger charge is -2.57. The van der Waals surface area contributed by atoms with Gasteiger partial charge >= 0.3 is 6.16 Å². The minimum absolute atomic E-state index is 0.00135. The Morgan fingerprint density at radius 1 is 1.05 bits per heavy atom. The van der Waals surface area contributed by atoms with Gasteiger partial charge in [0.05, 0.1) is 0 Å². The van der Waals surface area contributed by atoms with Crippen molar-refractivity contribution in [1.82, 2.24) is 0 Å². The lowest BCUT2D eigenvalue weighted by atomic mass is 9.49. The predicted molar refractivity (Wildman–Crippen MR) is 75.6 cm³/mol. The molecule has 1 aliphatic heterocycles. The second-order valence-electron chi connectivity index (χ2n) is 8.02. The third-order valence-electron chi connectivity index (χ3n) is 7.23. The van der Waals surface area contributed by atoms with Crippen LogP contribution in [0.5, 0.6) is 0 Å². The van der Waals surface area contributed by atoms with E-state index in [1.807, 2.05) is 0 Å².